The number of ether oxygens (including phenoxy) is 2. The Labute approximate surface area is 265 Å². The predicted molar refractivity (Wildman–Crippen MR) is 164 cm³/mol. The zero-order valence-corrected chi connectivity index (χ0v) is 26.2. The molecule has 6 rings (SSSR count). The molecule has 3 aliphatic rings. The summed E-state index contributed by atoms with van der Waals surface area (Å²) >= 11 is 0. The van der Waals surface area contributed by atoms with E-state index >= 15 is 0 Å². The number of nitrogens with one attached hydrogen (secondary N) is 2. The van der Waals surface area contributed by atoms with Crippen molar-refractivity contribution in [3.8, 4) is 0 Å². The lowest BCUT2D eigenvalue weighted by atomic mass is 10.0. The number of hydrogen-bond donors (Lipinski definition) is 2. The van der Waals surface area contributed by atoms with Gasteiger partial charge in [0.05, 0.1) is 23.3 Å². The van der Waals surface area contributed by atoms with Crippen molar-refractivity contribution in [3.05, 3.63) is 70.4 Å². The van der Waals surface area contributed by atoms with Crippen LogP contribution in [0.4, 0.5) is 25.1 Å². The molecule has 1 aromatic heterocycles. The summed E-state index contributed by atoms with van der Waals surface area (Å²) in [5.41, 5.74) is 2.71. The number of fused-ring (bicyclic) bond motifs is 1. The number of carbonyl (C=O) groups is 2. The van der Waals surface area contributed by atoms with Gasteiger partial charge in [-0.1, -0.05) is 6.07 Å². The molecule has 246 valence electrons. The van der Waals surface area contributed by atoms with Gasteiger partial charge in [0.15, 0.2) is 5.82 Å². The molecule has 1 amide bonds. The molecule has 2 N–H and O–H groups in total. The van der Waals surface area contributed by atoms with Crippen molar-refractivity contribution >= 4 is 33.5 Å². The van der Waals surface area contributed by atoms with Crippen LogP contribution in [0.3, 0.4) is 0 Å². The number of anilines is 2. The first-order valence-corrected chi connectivity index (χ1v) is 16.7. The van der Waals surface area contributed by atoms with Crippen molar-refractivity contribution in [1.82, 2.24) is 19.0 Å². The van der Waals surface area contributed by atoms with Gasteiger partial charge in [0, 0.05) is 62.6 Å². The lowest BCUT2D eigenvalue weighted by Gasteiger charge is -2.27. The fourth-order valence-electron chi connectivity index (χ4n) is 6.21. The van der Waals surface area contributed by atoms with Crippen LogP contribution in [0.15, 0.2) is 41.3 Å². The second-order valence-electron chi connectivity index (χ2n) is 11.7. The Morgan fingerprint density at radius 3 is 2.46 bits per heavy atom. The highest BCUT2D eigenvalue weighted by Gasteiger charge is 2.35. The van der Waals surface area contributed by atoms with Crippen LogP contribution in [-0.4, -0.2) is 85.4 Å². The molecular formula is C31H36F2N6O6S. The van der Waals surface area contributed by atoms with E-state index in [1.807, 2.05) is 12.1 Å². The second-order valence-corrected chi connectivity index (χ2v) is 13.6. The van der Waals surface area contributed by atoms with E-state index in [1.165, 1.54) is 7.11 Å². The number of methoxy groups -OCH3 is 1. The van der Waals surface area contributed by atoms with Gasteiger partial charge in [-0.25, -0.2) is 22.0 Å². The number of benzene rings is 2. The number of amides is 1. The largest absolute Gasteiger partial charge is 0.451 e. The molecule has 2 fully saturated rings. The van der Waals surface area contributed by atoms with Crippen LogP contribution in [-0.2, 0) is 39.0 Å². The summed E-state index contributed by atoms with van der Waals surface area (Å²) in [6.07, 6.45) is 3.12. The fourth-order valence-corrected chi connectivity index (χ4v) is 7.66. The van der Waals surface area contributed by atoms with Crippen molar-refractivity contribution in [2.45, 2.75) is 56.1 Å². The Bertz CT molecular complexity index is 1720. The Morgan fingerprint density at radius 1 is 1.04 bits per heavy atom. The average molecular weight is 659 g/mol. The van der Waals surface area contributed by atoms with Crippen LogP contribution < -0.4 is 10.6 Å². The van der Waals surface area contributed by atoms with Crippen LogP contribution in [0.1, 0.15) is 52.9 Å². The van der Waals surface area contributed by atoms with Gasteiger partial charge in [-0.15, -0.1) is 5.10 Å². The van der Waals surface area contributed by atoms with E-state index in [4.69, 9.17) is 9.47 Å². The van der Waals surface area contributed by atoms with Crippen molar-refractivity contribution in [2.75, 3.05) is 50.6 Å². The zero-order chi connectivity index (χ0) is 32.4. The van der Waals surface area contributed by atoms with E-state index in [2.05, 4.69) is 20.6 Å². The Hall–Kier alpha value is -3.92. The van der Waals surface area contributed by atoms with Gasteiger partial charge < -0.3 is 20.1 Å². The minimum absolute atomic E-state index is 0.0196. The van der Waals surface area contributed by atoms with Gasteiger partial charge in [-0.2, -0.15) is 8.99 Å². The van der Waals surface area contributed by atoms with E-state index in [9.17, 15) is 26.8 Å². The highest BCUT2D eigenvalue weighted by atomic mass is 32.2. The highest BCUT2D eigenvalue weighted by Crippen LogP contribution is 2.32. The van der Waals surface area contributed by atoms with E-state index < -0.39 is 38.6 Å². The van der Waals surface area contributed by atoms with Gasteiger partial charge >= 0.3 is 6.09 Å². The zero-order valence-electron chi connectivity index (χ0n) is 25.4. The quantitative estimate of drug-likeness (QED) is 0.369. The normalized spacial score (nSPS) is 17.9. The van der Waals surface area contributed by atoms with Crippen molar-refractivity contribution < 1.29 is 36.3 Å². The van der Waals surface area contributed by atoms with Crippen LogP contribution in [0, 0.1) is 11.6 Å². The molecule has 0 radical (unpaired) electrons. The number of nitrogens with zero attached hydrogens (tertiary/aromatic N) is 4. The molecule has 0 saturated carbocycles. The molecule has 3 aromatic rings. The van der Waals surface area contributed by atoms with Crippen molar-refractivity contribution in [2.24, 2.45) is 0 Å². The maximum atomic E-state index is 13.9. The van der Waals surface area contributed by atoms with Gasteiger partial charge in [0.25, 0.3) is 5.91 Å². The summed E-state index contributed by atoms with van der Waals surface area (Å²) < 4.78 is 67.1. The van der Waals surface area contributed by atoms with Gasteiger partial charge in [-0.05, 0) is 68.6 Å². The Kier molecular flexibility index (Phi) is 9.36. The average Bonchev–Trinajstić information content (AvgIpc) is 3.68. The lowest BCUT2D eigenvalue weighted by Crippen LogP contribution is -2.37. The Morgan fingerprint density at radius 2 is 1.76 bits per heavy atom. The van der Waals surface area contributed by atoms with Crippen LogP contribution in [0.2, 0.25) is 0 Å². The molecule has 0 aliphatic carbocycles. The number of halogens is 2. The summed E-state index contributed by atoms with van der Waals surface area (Å²) in [4.78, 5) is 28.3. The van der Waals surface area contributed by atoms with E-state index in [-0.39, 0.29) is 36.9 Å². The van der Waals surface area contributed by atoms with Gasteiger partial charge in [-0.3, -0.25) is 9.69 Å². The van der Waals surface area contributed by atoms with Crippen molar-refractivity contribution in [3.63, 3.8) is 0 Å². The summed E-state index contributed by atoms with van der Waals surface area (Å²) in [5, 5.41) is 10.6. The first-order chi connectivity index (χ1) is 22.1. The summed E-state index contributed by atoms with van der Waals surface area (Å²) in [6.45, 7) is 3.66. The monoisotopic (exact) mass is 658 g/mol. The molecular weight excluding hydrogens is 622 g/mol. The second kappa shape index (κ2) is 13.4. The molecule has 15 heteroatoms. The summed E-state index contributed by atoms with van der Waals surface area (Å²) in [6, 6.07) is 7.84. The minimum Gasteiger partial charge on any atom is -0.451 e. The van der Waals surface area contributed by atoms with Crippen LogP contribution in [0.25, 0.3) is 0 Å². The molecule has 46 heavy (non-hydrogen) atoms. The maximum absolute atomic E-state index is 13.9. The molecule has 0 unspecified atom stereocenters. The molecule has 12 nitrogen and oxygen atoms in total. The number of carbonyl (C=O) groups excluding carboxylic acids is 2. The Balaban J connectivity index is 1.30. The predicted octanol–water partition coefficient (Wildman–Crippen LogP) is 3.96. The van der Waals surface area contributed by atoms with Crippen molar-refractivity contribution in [1.29, 1.82) is 0 Å². The topological polar surface area (TPSA) is 135 Å². The molecule has 4 heterocycles. The van der Waals surface area contributed by atoms with Crippen LogP contribution >= 0.6 is 0 Å². The number of hydrogen-bond acceptors (Lipinski definition) is 9. The molecule has 3 aliphatic heterocycles. The standard InChI is InChI=1S/C31H36F2N6O6S/c1-44-31(41)39-28-6-11-38(46(42,43)24-16-21(32)15-22(33)17-24)19-26(28)29(36-39)35-30(40)25-5-4-20(18-37-9-2-3-10-37)14-27(25)34-23-7-12-45-13-8-23/h4-5,14-17,23,34H,2-3,6-13,18-19H2,1H3,(H,35,36,40). The summed E-state index contributed by atoms with van der Waals surface area (Å²) in [7, 11) is -3.15. The maximum Gasteiger partial charge on any atom is 0.434 e. The SMILES string of the molecule is COC(=O)n1nc(NC(=O)c2ccc(CN3CCCC3)cc2NC2CCOCC2)c2c1CCN(S(=O)(=O)c1cc(F)cc(F)c1)C2. The number of rotatable bonds is 8. The smallest absolute Gasteiger partial charge is 0.434 e. The molecule has 2 saturated heterocycles. The third kappa shape index (κ3) is 6.77. The first kappa shape index (κ1) is 32.0. The van der Waals surface area contributed by atoms with E-state index in [0.29, 0.717) is 36.2 Å². The highest BCUT2D eigenvalue weighted by molar-refractivity contribution is 7.89. The molecule has 0 atom stereocenters. The third-order valence-electron chi connectivity index (χ3n) is 8.59. The number of aromatic nitrogens is 2. The molecule has 0 bridgehead atoms. The fraction of sp³-hybridized carbons (Fsp3) is 0.452. The third-order valence-corrected chi connectivity index (χ3v) is 10.4. The molecule has 2 aromatic carbocycles. The van der Waals surface area contributed by atoms with E-state index in [0.717, 1.165) is 72.0 Å². The van der Waals surface area contributed by atoms with Crippen LogP contribution in [0.5, 0.6) is 0 Å². The minimum atomic E-state index is -4.34. The summed E-state index contributed by atoms with van der Waals surface area (Å²) in [5.74, 6) is -2.58. The number of likely N-dealkylation sites (tertiary alicyclic amines) is 1. The lowest BCUT2D eigenvalue weighted by molar-refractivity contribution is 0.0904. The van der Waals surface area contributed by atoms with Gasteiger partial charge in [0.1, 0.15) is 11.6 Å². The first-order valence-electron chi connectivity index (χ1n) is 15.3. The molecule has 0 spiro atoms. The van der Waals surface area contributed by atoms with Gasteiger partial charge in [0.2, 0.25) is 10.0 Å². The van der Waals surface area contributed by atoms with E-state index in [1.54, 1.807) is 6.07 Å². The number of sulfonamides is 1.